The van der Waals surface area contributed by atoms with Crippen molar-refractivity contribution in [3.8, 4) is 10.6 Å². The second-order valence-corrected chi connectivity index (χ2v) is 6.29. The molecule has 102 valence electrons. The molecule has 0 saturated carbocycles. The van der Waals surface area contributed by atoms with Gasteiger partial charge in [0.2, 0.25) is 0 Å². The van der Waals surface area contributed by atoms with Gasteiger partial charge in [0.15, 0.2) is 0 Å². The lowest BCUT2D eigenvalue weighted by atomic mass is 10.1. The maximum Gasteiger partial charge on any atom is 0.416 e. The quantitative estimate of drug-likeness (QED) is 0.652. The molecular formula is C11H6Cl2F3NS2. The first-order valence-corrected chi connectivity index (χ1v) is 6.95. The lowest BCUT2D eigenvalue weighted by molar-refractivity contribution is -0.137. The summed E-state index contributed by atoms with van der Waals surface area (Å²) >= 11 is 17.2. The lowest BCUT2D eigenvalue weighted by Gasteiger charge is -2.10. The van der Waals surface area contributed by atoms with Crippen molar-refractivity contribution in [1.82, 2.24) is 4.98 Å². The van der Waals surface area contributed by atoms with Crippen molar-refractivity contribution in [2.75, 3.05) is 0 Å². The Morgan fingerprint density at radius 1 is 1.21 bits per heavy atom. The summed E-state index contributed by atoms with van der Waals surface area (Å²) in [6, 6.07) is 1.69. The summed E-state index contributed by atoms with van der Waals surface area (Å²) in [5.74, 6) is 0. The minimum Gasteiger partial charge on any atom is -0.240 e. The lowest BCUT2D eigenvalue weighted by Crippen LogP contribution is -2.05. The third-order valence-electron chi connectivity index (χ3n) is 2.36. The van der Waals surface area contributed by atoms with Crippen LogP contribution in [-0.2, 0) is 6.18 Å². The van der Waals surface area contributed by atoms with E-state index in [0.717, 1.165) is 12.1 Å². The number of thiazole rings is 1. The Kier molecular flexibility index (Phi) is 4.07. The highest BCUT2D eigenvalue weighted by molar-refractivity contribution is 7.83. The number of halogens is 5. The standard InChI is InChI=1S/C11H6Cl2F3NS2/c1-4-10(18)19-9(17-4)8-6(12)2-5(3-7(8)13)11(14,15)16/h2-3,18H,1H3. The van der Waals surface area contributed by atoms with Gasteiger partial charge in [-0.3, -0.25) is 0 Å². The summed E-state index contributed by atoms with van der Waals surface area (Å²) in [4.78, 5) is 4.19. The van der Waals surface area contributed by atoms with Crippen LogP contribution in [0.25, 0.3) is 10.6 Å². The first kappa shape index (κ1) is 15.0. The molecular weight excluding hydrogens is 338 g/mol. The van der Waals surface area contributed by atoms with E-state index >= 15 is 0 Å². The molecule has 8 heteroatoms. The number of alkyl halides is 3. The van der Waals surface area contributed by atoms with Gasteiger partial charge in [0.05, 0.1) is 25.5 Å². The summed E-state index contributed by atoms with van der Waals surface area (Å²) < 4.78 is 38.5. The molecule has 0 amide bonds. The average molecular weight is 344 g/mol. The molecule has 1 nitrogen and oxygen atoms in total. The second-order valence-electron chi connectivity index (χ2n) is 3.72. The van der Waals surface area contributed by atoms with Gasteiger partial charge in [-0.2, -0.15) is 13.2 Å². The summed E-state index contributed by atoms with van der Waals surface area (Å²) in [5.41, 5.74) is 0.0886. The van der Waals surface area contributed by atoms with Crippen molar-refractivity contribution in [2.45, 2.75) is 17.3 Å². The van der Waals surface area contributed by atoms with E-state index in [0.29, 0.717) is 20.5 Å². The summed E-state index contributed by atoms with van der Waals surface area (Å²) in [5, 5.41) is 0.287. The van der Waals surface area contributed by atoms with E-state index in [1.165, 1.54) is 11.3 Å². The molecule has 0 aliphatic rings. The molecule has 0 aliphatic heterocycles. The second kappa shape index (κ2) is 5.16. The molecule has 19 heavy (non-hydrogen) atoms. The van der Waals surface area contributed by atoms with Gasteiger partial charge < -0.3 is 0 Å². The highest BCUT2D eigenvalue weighted by atomic mass is 35.5. The van der Waals surface area contributed by atoms with Crippen LogP contribution in [0.15, 0.2) is 16.3 Å². The van der Waals surface area contributed by atoms with Gasteiger partial charge in [0.25, 0.3) is 0 Å². The van der Waals surface area contributed by atoms with E-state index in [2.05, 4.69) is 17.6 Å². The molecule has 0 bridgehead atoms. The van der Waals surface area contributed by atoms with Gasteiger partial charge in [0.1, 0.15) is 5.01 Å². The van der Waals surface area contributed by atoms with E-state index in [4.69, 9.17) is 23.2 Å². The number of aryl methyl sites for hydroxylation is 1. The van der Waals surface area contributed by atoms with E-state index in [1.807, 2.05) is 0 Å². The van der Waals surface area contributed by atoms with Crippen LogP contribution in [0.2, 0.25) is 10.0 Å². The van der Waals surface area contributed by atoms with Gasteiger partial charge in [-0.15, -0.1) is 24.0 Å². The van der Waals surface area contributed by atoms with E-state index < -0.39 is 11.7 Å². The first-order chi connectivity index (χ1) is 8.70. The van der Waals surface area contributed by atoms with Gasteiger partial charge in [0, 0.05) is 5.56 Å². The van der Waals surface area contributed by atoms with Crippen LogP contribution >= 0.6 is 47.2 Å². The monoisotopic (exact) mass is 343 g/mol. The molecule has 0 N–H and O–H groups in total. The maximum absolute atomic E-state index is 12.6. The summed E-state index contributed by atoms with van der Waals surface area (Å²) in [7, 11) is 0. The third kappa shape index (κ3) is 3.02. The van der Waals surface area contributed by atoms with Crippen LogP contribution in [0.5, 0.6) is 0 Å². The van der Waals surface area contributed by atoms with Gasteiger partial charge in [-0.05, 0) is 19.1 Å². The Hall–Kier alpha value is -0.430. The summed E-state index contributed by atoms with van der Waals surface area (Å²) in [6.45, 7) is 1.74. The molecule has 1 aromatic carbocycles. The van der Waals surface area contributed by atoms with Gasteiger partial charge in [-0.1, -0.05) is 23.2 Å². The van der Waals surface area contributed by atoms with Crippen LogP contribution in [0, 0.1) is 6.92 Å². The molecule has 0 saturated heterocycles. The minimum atomic E-state index is -4.49. The smallest absolute Gasteiger partial charge is 0.240 e. The highest BCUT2D eigenvalue weighted by Gasteiger charge is 2.32. The Morgan fingerprint density at radius 2 is 1.74 bits per heavy atom. The molecule has 0 spiro atoms. The third-order valence-corrected chi connectivity index (χ3v) is 4.53. The fourth-order valence-electron chi connectivity index (χ4n) is 1.44. The van der Waals surface area contributed by atoms with Crippen LogP contribution in [0.1, 0.15) is 11.3 Å². The van der Waals surface area contributed by atoms with E-state index in [-0.39, 0.29) is 10.0 Å². The Morgan fingerprint density at radius 3 is 2.11 bits per heavy atom. The molecule has 0 aliphatic carbocycles. The number of thiol groups is 1. The normalized spacial score (nSPS) is 11.9. The van der Waals surface area contributed by atoms with Crippen molar-refractivity contribution in [3.05, 3.63) is 33.4 Å². The topological polar surface area (TPSA) is 12.9 Å². The maximum atomic E-state index is 12.6. The predicted molar refractivity (Wildman–Crippen MR) is 74.6 cm³/mol. The summed E-state index contributed by atoms with van der Waals surface area (Å²) in [6.07, 6.45) is -4.49. The fraction of sp³-hybridized carbons (Fsp3) is 0.182. The molecule has 0 fully saturated rings. The zero-order chi connectivity index (χ0) is 14.4. The van der Waals surface area contributed by atoms with Crippen molar-refractivity contribution < 1.29 is 13.2 Å². The Labute approximate surface area is 126 Å². The molecule has 1 aromatic heterocycles. The fourth-order valence-corrected chi connectivity index (χ4v) is 3.40. The number of benzene rings is 1. The van der Waals surface area contributed by atoms with Crippen LogP contribution in [-0.4, -0.2) is 4.98 Å². The van der Waals surface area contributed by atoms with Crippen molar-refractivity contribution in [3.63, 3.8) is 0 Å². The molecule has 2 aromatic rings. The van der Waals surface area contributed by atoms with Crippen LogP contribution in [0.4, 0.5) is 13.2 Å². The SMILES string of the molecule is Cc1nc(-c2c(Cl)cc(C(F)(F)F)cc2Cl)sc1S. The largest absolute Gasteiger partial charge is 0.416 e. The van der Waals surface area contributed by atoms with Crippen LogP contribution < -0.4 is 0 Å². The zero-order valence-electron chi connectivity index (χ0n) is 9.35. The van der Waals surface area contributed by atoms with Crippen molar-refractivity contribution in [1.29, 1.82) is 0 Å². The Bertz CT molecular complexity index is 595. The molecule has 2 rings (SSSR count). The zero-order valence-corrected chi connectivity index (χ0v) is 12.6. The minimum absolute atomic E-state index is 0.0816. The number of hydrogen-bond acceptors (Lipinski definition) is 3. The number of hydrogen-bond donors (Lipinski definition) is 1. The average Bonchev–Trinajstić information content (AvgIpc) is 2.56. The first-order valence-electron chi connectivity index (χ1n) is 4.93. The van der Waals surface area contributed by atoms with Crippen LogP contribution in [0.3, 0.4) is 0 Å². The highest BCUT2D eigenvalue weighted by Crippen LogP contribution is 2.42. The number of rotatable bonds is 1. The van der Waals surface area contributed by atoms with Gasteiger partial charge >= 0.3 is 6.18 Å². The number of nitrogens with zero attached hydrogens (tertiary/aromatic N) is 1. The van der Waals surface area contributed by atoms with Crippen molar-refractivity contribution in [2.24, 2.45) is 0 Å². The number of aromatic nitrogens is 1. The molecule has 0 unspecified atom stereocenters. The molecule has 0 radical (unpaired) electrons. The molecule has 0 atom stereocenters. The molecule has 1 heterocycles. The predicted octanol–water partition coefficient (Wildman–Crippen LogP) is 5.73. The van der Waals surface area contributed by atoms with E-state index in [1.54, 1.807) is 6.92 Å². The van der Waals surface area contributed by atoms with Crippen molar-refractivity contribution >= 4 is 47.2 Å². The van der Waals surface area contributed by atoms with E-state index in [9.17, 15) is 13.2 Å². The Balaban J connectivity index is 2.60. The van der Waals surface area contributed by atoms with Gasteiger partial charge in [-0.25, -0.2) is 4.98 Å².